The molecule has 104 valence electrons. The van der Waals surface area contributed by atoms with Crippen molar-refractivity contribution in [1.29, 1.82) is 0 Å². The SMILES string of the molecule is NC(=O)c1cccc(N)c1NCCN1CCCCC1. The molecule has 19 heavy (non-hydrogen) atoms. The van der Waals surface area contributed by atoms with E-state index in [1.54, 1.807) is 18.2 Å². The Balaban J connectivity index is 1.93. The summed E-state index contributed by atoms with van der Waals surface area (Å²) >= 11 is 0. The van der Waals surface area contributed by atoms with Crippen LogP contribution in [0, 0.1) is 0 Å². The molecule has 1 aliphatic heterocycles. The van der Waals surface area contributed by atoms with E-state index in [9.17, 15) is 4.79 Å². The average molecular weight is 262 g/mol. The standard InChI is InChI=1S/C14H22N4O/c15-12-6-4-5-11(14(16)19)13(12)17-7-10-18-8-2-1-3-9-18/h4-6,17H,1-3,7-10,15H2,(H2,16,19). The summed E-state index contributed by atoms with van der Waals surface area (Å²) in [5.74, 6) is -0.451. The molecule has 5 N–H and O–H groups in total. The van der Waals surface area contributed by atoms with Gasteiger partial charge >= 0.3 is 0 Å². The third-order valence-corrected chi connectivity index (χ3v) is 3.54. The van der Waals surface area contributed by atoms with Crippen LogP contribution in [-0.2, 0) is 0 Å². The Hall–Kier alpha value is -1.75. The third-order valence-electron chi connectivity index (χ3n) is 3.54. The Morgan fingerprint density at radius 2 is 2.00 bits per heavy atom. The number of nitrogens with one attached hydrogen (secondary N) is 1. The molecule has 5 heteroatoms. The van der Waals surface area contributed by atoms with Crippen molar-refractivity contribution in [3.8, 4) is 0 Å². The molecular formula is C14H22N4O. The van der Waals surface area contributed by atoms with Crippen molar-refractivity contribution in [2.45, 2.75) is 19.3 Å². The van der Waals surface area contributed by atoms with E-state index in [0.29, 0.717) is 16.9 Å². The lowest BCUT2D eigenvalue weighted by molar-refractivity contribution is 0.100. The van der Waals surface area contributed by atoms with E-state index in [0.717, 1.165) is 26.2 Å². The van der Waals surface area contributed by atoms with Crippen molar-refractivity contribution in [2.75, 3.05) is 37.2 Å². The molecule has 1 aromatic rings. The number of hydrogen-bond acceptors (Lipinski definition) is 4. The maximum absolute atomic E-state index is 11.4. The lowest BCUT2D eigenvalue weighted by Gasteiger charge is -2.26. The smallest absolute Gasteiger partial charge is 0.250 e. The molecule has 1 heterocycles. The van der Waals surface area contributed by atoms with Gasteiger partial charge in [0.25, 0.3) is 5.91 Å². The van der Waals surface area contributed by atoms with Crippen LogP contribution in [0.5, 0.6) is 0 Å². The normalized spacial score (nSPS) is 16.2. The van der Waals surface area contributed by atoms with Crippen molar-refractivity contribution < 1.29 is 4.79 Å². The third kappa shape index (κ3) is 3.61. The highest BCUT2D eigenvalue weighted by Crippen LogP contribution is 2.22. The second-order valence-corrected chi connectivity index (χ2v) is 4.96. The molecule has 0 atom stereocenters. The number of primary amides is 1. The average Bonchev–Trinajstić information content (AvgIpc) is 2.41. The first-order chi connectivity index (χ1) is 9.18. The summed E-state index contributed by atoms with van der Waals surface area (Å²) in [5.41, 5.74) is 12.9. The van der Waals surface area contributed by atoms with Crippen LogP contribution >= 0.6 is 0 Å². The minimum atomic E-state index is -0.451. The van der Waals surface area contributed by atoms with Crippen LogP contribution in [0.3, 0.4) is 0 Å². The number of nitrogen functional groups attached to an aromatic ring is 1. The zero-order valence-corrected chi connectivity index (χ0v) is 11.2. The van der Waals surface area contributed by atoms with Crippen LogP contribution in [-0.4, -0.2) is 37.0 Å². The summed E-state index contributed by atoms with van der Waals surface area (Å²) in [6.45, 7) is 4.06. The number of nitrogens with zero attached hydrogens (tertiary/aromatic N) is 1. The molecule has 0 bridgehead atoms. The number of piperidine rings is 1. The molecule has 1 aliphatic rings. The molecule has 0 radical (unpaired) electrons. The fourth-order valence-corrected chi connectivity index (χ4v) is 2.49. The summed E-state index contributed by atoms with van der Waals surface area (Å²) in [5, 5.41) is 3.24. The molecule has 0 aliphatic carbocycles. The number of carbonyl (C=O) groups is 1. The molecule has 1 saturated heterocycles. The number of amides is 1. The highest BCUT2D eigenvalue weighted by Gasteiger charge is 2.12. The minimum absolute atomic E-state index is 0.451. The van der Waals surface area contributed by atoms with Gasteiger partial charge in [0.05, 0.1) is 16.9 Å². The van der Waals surface area contributed by atoms with Gasteiger partial charge in [-0.1, -0.05) is 12.5 Å². The first-order valence-electron chi connectivity index (χ1n) is 6.83. The highest BCUT2D eigenvalue weighted by molar-refractivity contribution is 6.01. The highest BCUT2D eigenvalue weighted by atomic mass is 16.1. The lowest BCUT2D eigenvalue weighted by atomic mass is 10.1. The molecule has 0 aromatic heterocycles. The fraction of sp³-hybridized carbons (Fsp3) is 0.500. The minimum Gasteiger partial charge on any atom is -0.397 e. The largest absolute Gasteiger partial charge is 0.397 e. The number of rotatable bonds is 5. The summed E-state index contributed by atoms with van der Waals surface area (Å²) in [6.07, 6.45) is 3.89. The predicted molar refractivity (Wildman–Crippen MR) is 78.2 cm³/mol. The molecule has 2 rings (SSSR count). The second-order valence-electron chi connectivity index (χ2n) is 4.96. The zero-order valence-electron chi connectivity index (χ0n) is 11.2. The van der Waals surface area contributed by atoms with Crippen molar-refractivity contribution >= 4 is 17.3 Å². The van der Waals surface area contributed by atoms with Gasteiger partial charge in [-0.3, -0.25) is 4.79 Å². The van der Waals surface area contributed by atoms with Crippen molar-refractivity contribution in [2.24, 2.45) is 5.73 Å². The van der Waals surface area contributed by atoms with Gasteiger partial charge in [-0.25, -0.2) is 0 Å². The Morgan fingerprint density at radius 3 is 2.68 bits per heavy atom. The van der Waals surface area contributed by atoms with E-state index in [4.69, 9.17) is 11.5 Å². The maximum Gasteiger partial charge on any atom is 0.250 e. The van der Waals surface area contributed by atoms with Crippen molar-refractivity contribution in [1.82, 2.24) is 4.90 Å². The second kappa shape index (κ2) is 6.43. The molecule has 0 spiro atoms. The first kappa shape index (κ1) is 13.7. The quantitative estimate of drug-likeness (QED) is 0.698. The van der Waals surface area contributed by atoms with Crippen molar-refractivity contribution in [3.63, 3.8) is 0 Å². The van der Waals surface area contributed by atoms with E-state index in [2.05, 4.69) is 10.2 Å². The Labute approximate surface area is 113 Å². The fourth-order valence-electron chi connectivity index (χ4n) is 2.49. The van der Waals surface area contributed by atoms with Gasteiger partial charge < -0.3 is 21.7 Å². The molecule has 1 amide bonds. The number of carbonyl (C=O) groups excluding carboxylic acids is 1. The Morgan fingerprint density at radius 1 is 1.26 bits per heavy atom. The molecule has 1 aromatic carbocycles. The van der Waals surface area contributed by atoms with Gasteiger partial charge in [0, 0.05) is 13.1 Å². The van der Waals surface area contributed by atoms with E-state index in [1.165, 1.54) is 19.3 Å². The van der Waals surface area contributed by atoms with Gasteiger partial charge in [0.2, 0.25) is 0 Å². The Bertz CT molecular complexity index is 441. The summed E-state index contributed by atoms with van der Waals surface area (Å²) in [6, 6.07) is 5.21. The first-order valence-corrected chi connectivity index (χ1v) is 6.83. The van der Waals surface area contributed by atoms with Gasteiger partial charge in [-0.15, -0.1) is 0 Å². The monoisotopic (exact) mass is 262 g/mol. The summed E-state index contributed by atoms with van der Waals surface area (Å²) in [7, 11) is 0. The van der Waals surface area contributed by atoms with Gasteiger partial charge in [-0.2, -0.15) is 0 Å². The van der Waals surface area contributed by atoms with Crippen LogP contribution in [0.4, 0.5) is 11.4 Å². The summed E-state index contributed by atoms with van der Waals surface area (Å²) in [4.78, 5) is 13.8. The molecule has 5 nitrogen and oxygen atoms in total. The van der Waals surface area contributed by atoms with Crippen molar-refractivity contribution in [3.05, 3.63) is 23.8 Å². The molecule has 0 unspecified atom stereocenters. The Kier molecular flexibility index (Phi) is 4.63. The lowest BCUT2D eigenvalue weighted by Crippen LogP contribution is -2.34. The van der Waals surface area contributed by atoms with E-state index in [1.807, 2.05) is 0 Å². The number of anilines is 2. The molecular weight excluding hydrogens is 240 g/mol. The molecule has 0 saturated carbocycles. The topological polar surface area (TPSA) is 84.4 Å². The number of hydrogen-bond donors (Lipinski definition) is 3. The number of likely N-dealkylation sites (tertiary alicyclic amines) is 1. The van der Waals surface area contributed by atoms with Gasteiger partial charge in [0.1, 0.15) is 0 Å². The van der Waals surface area contributed by atoms with E-state index < -0.39 is 5.91 Å². The van der Waals surface area contributed by atoms with Crippen LogP contribution in [0.15, 0.2) is 18.2 Å². The number of para-hydroxylation sites is 1. The van der Waals surface area contributed by atoms with Crippen LogP contribution < -0.4 is 16.8 Å². The molecule has 1 fully saturated rings. The maximum atomic E-state index is 11.4. The van der Waals surface area contributed by atoms with Gasteiger partial charge in [0.15, 0.2) is 0 Å². The van der Waals surface area contributed by atoms with E-state index >= 15 is 0 Å². The number of benzene rings is 1. The predicted octanol–water partition coefficient (Wildman–Crippen LogP) is 1.27. The number of nitrogens with two attached hydrogens (primary N) is 2. The summed E-state index contributed by atoms with van der Waals surface area (Å²) < 4.78 is 0. The van der Waals surface area contributed by atoms with E-state index in [-0.39, 0.29) is 0 Å². The van der Waals surface area contributed by atoms with Crippen LogP contribution in [0.25, 0.3) is 0 Å². The van der Waals surface area contributed by atoms with Gasteiger partial charge in [-0.05, 0) is 38.1 Å². The van der Waals surface area contributed by atoms with Crippen LogP contribution in [0.2, 0.25) is 0 Å². The van der Waals surface area contributed by atoms with Crippen LogP contribution in [0.1, 0.15) is 29.6 Å². The zero-order chi connectivity index (χ0) is 13.7.